The minimum Gasteiger partial charge on any atom is -0.372 e. The normalized spacial score (nSPS) is 10.6. The highest BCUT2D eigenvalue weighted by Gasteiger charge is 2.17. The van der Waals surface area contributed by atoms with Crippen LogP contribution in [0.2, 0.25) is 0 Å². The van der Waals surface area contributed by atoms with Crippen molar-refractivity contribution in [1.29, 1.82) is 0 Å². The summed E-state index contributed by atoms with van der Waals surface area (Å²) in [7, 11) is 0. The number of hydrogen-bond donors (Lipinski definition) is 1. The molecule has 1 heterocycles. The minimum atomic E-state index is -0.191. The molecule has 0 aliphatic heterocycles. The van der Waals surface area contributed by atoms with Crippen molar-refractivity contribution in [3.8, 4) is 34.9 Å². The number of amides is 1. The van der Waals surface area contributed by atoms with Gasteiger partial charge in [0.2, 0.25) is 5.91 Å². The molecule has 0 atom stereocenters. The monoisotopic (exact) mass is 456 g/mol. The van der Waals surface area contributed by atoms with Gasteiger partial charge in [0.1, 0.15) is 12.4 Å². The van der Waals surface area contributed by atoms with E-state index in [-0.39, 0.29) is 25.1 Å². The van der Waals surface area contributed by atoms with Crippen LogP contribution < -0.4 is 10.2 Å². The van der Waals surface area contributed by atoms with Crippen LogP contribution in [0.15, 0.2) is 66.9 Å². The third-order valence-corrected chi connectivity index (χ3v) is 5.33. The topological polar surface area (TPSA) is 67.3 Å². The Morgan fingerprint density at radius 3 is 2.29 bits per heavy atom. The number of nitrogens with zero attached hydrogens (tertiary/aromatic N) is 3. The molecule has 176 valence electrons. The van der Waals surface area contributed by atoms with Crippen LogP contribution >= 0.6 is 0 Å². The van der Waals surface area contributed by atoms with E-state index in [2.05, 4.69) is 54.3 Å². The first-order chi connectivity index (χ1) is 16.6. The predicted molar refractivity (Wildman–Crippen MR) is 137 cm³/mol. The molecule has 6 nitrogen and oxygen atoms in total. The zero-order valence-corrected chi connectivity index (χ0v) is 19.9. The zero-order chi connectivity index (χ0) is 24.2. The first-order valence-corrected chi connectivity index (χ1v) is 11.6. The van der Waals surface area contributed by atoms with E-state index in [9.17, 15) is 4.79 Å². The molecular formula is C28H32N4O2. The maximum absolute atomic E-state index is 11.5. The predicted octanol–water partition coefficient (Wildman–Crippen LogP) is 4.57. The lowest BCUT2D eigenvalue weighted by Gasteiger charge is -2.28. The summed E-state index contributed by atoms with van der Waals surface area (Å²) >= 11 is 0. The summed E-state index contributed by atoms with van der Waals surface area (Å²) in [4.78, 5) is 23.7. The lowest BCUT2D eigenvalue weighted by molar-refractivity contribution is -0.125. The first-order valence-electron chi connectivity index (χ1n) is 11.6. The highest BCUT2D eigenvalue weighted by Crippen LogP contribution is 2.30. The average Bonchev–Trinajstić information content (AvgIpc) is 2.87. The number of nitrogens with one attached hydrogen (secondary N) is 1. The van der Waals surface area contributed by atoms with Gasteiger partial charge in [0, 0.05) is 30.3 Å². The van der Waals surface area contributed by atoms with Gasteiger partial charge in [0.05, 0.1) is 24.1 Å². The van der Waals surface area contributed by atoms with Gasteiger partial charge in [-0.05, 0) is 26.7 Å². The number of terminal acetylenes is 1. The van der Waals surface area contributed by atoms with E-state index < -0.39 is 0 Å². The van der Waals surface area contributed by atoms with Gasteiger partial charge in [-0.15, -0.1) is 6.42 Å². The maximum Gasteiger partial charge on any atom is 0.246 e. The van der Waals surface area contributed by atoms with E-state index in [0.717, 1.165) is 47.7 Å². The molecule has 0 aliphatic rings. The van der Waals surface area contributed by atoms with E-state index in [1.54, 1.807) is 0 Å². The van der Waals surface area contributed by atoms with E-state index in [4.69, 9.17) is 21.1 Å². The zero-order valence-electron chi connectivity index (χ0n) is 19.9. The van der Waals surface area contributed by atoms with E-state index >= 15 is 0 Å². The summed E-state index contributed by atoms with van der Waals surface area (Å²) in [6.07, 6.45) is 8.74. The summed E-state index contributed by atoms with van der Waals surface area (Å²) in [5.41, 5.74) is 3.82. The molecule has 34 heavy (non-hydrogen) atoms. The Balaban J connectivity index is 1.70. The fourth-order valence-electron chi connectivity index (χ4n) is 3.61. The van der Waals surface area contributed by atoms with Gasteiger partial charge in [-0.3, -0.25) is 9.78 Å². The first kappa shape index (κ1) is 24.9. The lowest BCUT2D eigenvalue weighted by Crippen LogP contribution is -2.33. The number of carbonyl (C=O) groups is 1. The molecule has 0 saturated carbocycles. The fourth-order valence-corrected chi connectivity index (χ4v) is 3.61. The molecule has 3 rings (SSSR count). The number of benzene rings is 2. The summed E-state index contributed by atoms with van der Waals surface area (Å²) in [6.45, 7) is 5.90. The standard InChI is InChI=1S/C28H32N4O2/c1-4-17-29-26(33)21-34-19-12-11-18-32(22(2)3)25-20-30-27(23-13-7-5-8-14-23)28(31-25)24-15-9-6-10-16-24/h1,5-10,13-16,20,22H,11-12,17-19,21H2,2-3H3,(H,29,33). The third kappa shape index (κ3) is 7.16. The van der Waals surface area contributed by atoms with Crippen molar-refractivity contribution in [3.05, 3.63) is 66.9 Å². The van der Waals surface area contributed by atoms with Gasteiger partial charge in [0.25, 0.3) is 0 Å². The van der Waals surface area contributed by atoms with Crippen molar-refractivity contribution in [3.63, 3.8) is 0 Å². The van der Waals surface area contributed by atoms with Crippen LogP contribution in [0.25, 0.3) is 22.5 Å². The molecule has 0 saturated heterocycles. The SMILES string of the molecule is C#CCNC(=O)COCCCCN(c1cnc(-c2ccccc2)c(-c2ccccc2)n1)C(C)C. The number of aromatic nitrogens is 2. The van der Waals surface area contributed by atoms with Crippen molar-refractivity contribution in [1.82, 2.24) is 15.3 Å². The number of ether oxygens (including phenoxy) is 1. The molecule has 1 N–H and O–H groups in total. The minimum absolute atomic E-state index is 0.0302. The summed E-state index contributed by atoms with van der Waals surface area (Å²) in [5, 5.41) is 2.59. The molecule has 0 unspecified atom stereocenters. The number of rotatable bonds is 12. The van der Waals surface area contributed by atoms with Gasteiger partial charge in [0.15, 0.2) is 0 Å². The van der Waals surface area contributed by atoms with Crippen molar-refractivity contribution in [2.45, 2.75) is 32.7 Å². The molecular weight excluding hydrogens is 424 g/mol. The second-order valence-electron chi connectivity index (χ2n) is 8.19. The van der Waals surface area contributed by atoms with Crippen molar-refractivity contribution < 1.29 is 9.53 Å². The Morgan fingerprint density at radius 2 is 1.68 bits per heavy atom. The van der Waals surface area contributed by atoms with Crippen LogP contribution in [-0.4, -0.2) is 48.2 Å². The Labute approximate surface area is 202 Å². The summed E-state index contributed by atoms with van der Waals surface area (Å²) in [6, 6.07) is 20.6. The fraction of sp³-hybridized carbons (Fsp3) is 0.321. The Hall–Kier alpha value is -3.69. The van der Waals surface area contributed by atoms with Crippen LogP contribution in [0, 0.1) is 12.3 Å². The number of hydrogen-bond acceptors (Lipinski definition) is 5. The smallest absolute Gasteiger partial charge is 0.246 e. The maximum atomic E-state index is 11.5. The molecule has 2 aromatic carbocycles. The molecule has 1 aromatic heterocycles. The molecule has 0 fully saturated rings. The molecule has 6 heteroatoms. The summed E-state index contributed by atoms with van der Waals surface area (Å²) < 4.78 is 5.46. The van der Waals surface area contributed by atoms with Crippen LogP contribution in [0.1, 0.15) is 26.7 Å². The Bertz CT molecular complexity index is 1080. The second-order valence-corrected chi connectivity index (χ2v) is 8.19. The van der Waals surface area contributed by atoms with E-state index in [0.29, 0.717) is 6.61 Å². The Morgan fingerprint density at radius 1 is 1.03 bits per heavy atom. The molecule has 0 aliphatic carbocycles. The van der Waals surface area contributed by atoms with Crippen LogP contribution in [0.3, 0.4) is 0 Å². The molecule has 3 aromatic rings. The highest BCUT2D eigenvalue weighted by atomic mass is 16.5. The number of anilines is 1. The largest absolute Gasteiger partial charge is 0.372 e. The van der Waals surface area contributed by atoms with Crippen molar-refractivity contribution in [2.24, 2.45) is 0 Å². The molecule has 1 amide bonds. The van der Waals surface area contributed by atoms with Gasteiger partial charge >= 0.3 is 0 Å². The van der Waals surface area contributed by atoms with Gasteiger partial charge < -0.3 is 15.0 Å². The second kappa shape index (κ2) is 13.1. The van der Waals surface area contributed by atoms with Crippen LogP contribution in [0.5, 0.6) is 0 Å². The van der Waals surface area contributed by atoms with Gasteiger partial charge in [-0.1, -0.05) is 66.6 Å². The average molecular weight is 457 g/mol. The molecule has 0 bridgehead atoms. The Kier molecular flexibility index (Phi) is 9.63. The lowest BCUT2D eigenvalue weighted by atomic mass is 10.0. The quantitative estimate of drug-likeness (QED) is 0.319. The van der Waals surface area contributed by atoms with Crippen LogP contribution in [-0.2, 0) is 9.53 Å². The van der Waals surface area contributed by atoms with Gasteiger partial charge in [-0.2, -0.15) is 0 Å². The molecule has 0 spiro atoms. The van der Waals surface area contributed by atoms with E-state index in [1.807, 2.05) is 42.6 Å². The highest BCUT2D eigenvalue weighted by molar-refractivity contribution is 5.79. The van der Waals surface area contributed by atoms with Crippen molar-refractivity contribution >= 4 is 11.7 Å². The summed E-state index contributed by atoms with van der Waals surface area (Å²) in [5.74, 6) is 3.03. The number of unbranched alkanes of at least 4 members (excludes halogenated alkanes) is 1. The molecule has 0 radical (unpaired) electrons. The van der Waals surface area contributed by atoms with Crippen molar-refractivity contribution in [2.75, 3.05) is 31.2 Å². The van der Waals surface area contributed by atoms with E-state index in [1.165, 1.54) is 0 Å². The van der Waals surface area contributed by atoms with Gasteiger partial charge in [-0.25, -0.2) is 4.98 Å². The number of carbonyl (C=O) groups excluding carboxylic acids is 1. The van der Waals surface area contributed by atoms with Crippen LogP contribution in [0.4, 0.5) is 5.82 Å². The third-order valence-electron chi connectivity index (χ3n) is 5.33.